The van der Waals surface area contributed by atoms with Crippen molar-refractivity contribution in [2.75, 3.05) is 6.54 Å². The quantitative estimate of drug-likeness (QED) is 0.802. The van der Waals surface area contributed by atoms with Gasteiger partial charge in [-0.15, -0.1) is 0 Å². The van der Waals surface area contributed by atoms with E-state index in [1.807, 2.05) is 24.3 Å². The molecular formula is C15H15NO3. The van der Waals surface area contributed by atoms with Crippen LogP contribution in [0.25, 0.3) is 0 Å². The maximum atomic E-state index is 11.4. The Balaban J connectivity index is 2.23. The number of carbonyl (C=O) groups is 2. The van der Waals surface area contributed by atoms with E-state index in [1.165, 1.54) is 6.92 Å². The second-order valence-corrected chi connectivity index (χ2v) is 4.64. The summed E-state index contributed by atoms with van der Waals surface area (Å²) in [6.45, 7) is 1.70. The van der Waals surface area contributed by atoms with E-state index in [4.69, 9.17) is 0 Å². The molecule has 19 heavy (non-hydrogen) atoms. The number of benzene rings is 1. The van der Waals surface area contributed by atoms with Gasteiger partial charge in [0.1, 0.15) is 0 Å². The number of rotatable bonds is 3. The summed E-state index contributed by atoms with van der Waals surface area (Å²) in [5.41, 5.74) is 0.754. The van der Waals surface area contributed by atoms with Crippen LogP contribution in [0, 0.1) is 11.8 Å². The third-order valence-corrected chi connectivity index (χ3v) is 3.25. The molecule has 1 saturated carbocycles. The molecule has 2 rings (SSSR count). The van der Waals surface area contributed by atoms with Crippen molar-refractivity contribution in [2.24, 2.45) is 0 Å². The molecule has 0 spiro atoms. The molecule has 0 bridgehead atoms. The Morgan fingerprint density at radius 2 is 2.05 bits per heavy atom. The third-order valence-electron chi connectivity index (χ3n) is 3.25. The van der Waals surface area contributed by atoms with Crippen LogP contribution in [0.2, 0.25) is 0 Å². The zero-order valence-electron chi connectivity index (χ0n) is 10.7. The maximum absolute atomic E-state index is 11.4. The van der Waals surface area contributed by atoms with Gasteiger partial charge in [0, 0.05) is 12.5 Å². The van der Waals surface area contributed by atoms with Gasteiger partial charge in [-0.3, -0.25) is 9.59 Å². The van der Waals surface area contributed by atoms with Crippen molar-refractivity contribution in [3.8, 4) is 11.8 Å². The SMILES string of the molecule is CC(=O)NCC#Cc1ccccc1C1(C(=O)O)CC1. The van der Waals surface area contributed by atoms with Gasteiger partial charge in [-0.05, 0) is 24.5 Å². The maximum Gasteiger partial charge on any atom is 0.314 e. The minimum atomic E-state index is -0.788. The molecule has 1 amide bonds. The molecule has 0 atom stereocenters. The topological polar surface area (TPSA) is 66.4 Å². The van der Waals surface area contributed by atoms with Crippen molar-refractivity contribution in [1.29, 1.82) is 0 Å². The van der Waals surface area contributed by atoms with Crippen molar-refractivity contribution < 1.29 is 14.7 Å². The van der Waals surface area contributed by atoms with E-state index in [1.54, 1.807) is 0 Å². The molecule has 1 aromatic rings. The number of amides is 1. The highest BCUT2D eigenvalue weighted by Crippen LogP contribution is 2.49. The summed E-state index contributed by atoms with van der Waals surface area (Å²) < 4.78 is 0. The number of carbonyl (C=O) groups excluding carboxylic acids is 1. The Hall–Kier alpha value is -2.28. The number of hydrogen-bond donors (Lipinski definition) is 2. The molecule has 0 heterocycles. The summed E-state index contributed by atoms with van der Waals surface area (Å²) in [5, 5.41) is 11.9. The molecular weight excluding hydrogens is 242 g/mol. The van der Waals surface area contributed by atoms with E-state index in [2.05, 4.69) is 17.2 Å². The van der Waals surface area contributed by atoms with E-state index in [9.17, 15) is 14.7 Å². The van der Waals surface area contributed by atoms with Gasteiger partial charge in [0.05, 0.1) is 12.0 Å². The molecule has 0 aliphatic heterocycles. The summed E-state index contributed by atoms with van der Waals surface area (Å²) in [4.78, 5) is 22.1. The van der Waals surface area contributed by atoms with Gasteiger partial charge in [0.25, 0.3) is 0 Å². The lowest BCUT2D eigenvalue weighted by molar-refractivity contribution is -0.140. The molecule has 98 valence electrons. The van der Waals surface area contributed by atoms with Crippen LogP contribution in [0.3, 0.4) is 0 Å². The van der Waals surface area contributed by atoms with Crippen LogP contribution in [0.1, 0.15) is 30.9 Å². The van der Waals surface area contributed by atoms with Gasteiger partial charge >= 0.3 is 5.97 Å². The Kier molecular flexibility index (Phi) is 3.57. The van der Waals surface area contributed by atoms with Crippen molar-refractivity contribution in [2.45, 2.75) is 25.2 Å². The van der Waals surface area contributed by atoms with Gasteiger partial charge in [-0.2, -0.15) is 0 Å². The first-order valence-electron chi connectivity index (χ1n) is 6.12. The fraction of sp³-hybridized carbons (Fsp3) is 0.333. The largest absolute Gasteiger partial charge is 0.481 e. The van der Waals surface area contributed by atoms with Gasteiger partial charge in [0.2, 0.25) is 5.91 Å². The van der Waals surface area contributed by atoms with E-state index >= 15 is 0 Å². The average molecular weight is 257 g/mol. The number of carboxylic acid groups (broad SMARTS) is 1. The van der Waals surface area contributed by atoms with Gasteiger partial charge < -0.3 is 10.4 Å². The highest BCUT2D eigenvalue weighted by atomic mass is 16.4. The first kappa shape index (κ1) is 13.2. The van der Waals surface area contributed by atoms with Crippen LogP contribution in [0.15, 0.2) is 24.3 Å². The van der Waals surface area contributed by atoms with Crippen LogP contribution in [-0.4, -0.2) is 23.5 Å². The third kappa shape index (κ3) is 2.76. The molecule has 0 unspecified atom stereocenters. The summed E-state index contributed by atoms with van der Waals surface area (Å²) in [6.07, 6.45) is 1.32. The minimum absolute atomic E-state index is 0.133. The predicted octanol–water partition coefficient (Wildman–Crippen LogP) is 1.29. The van der Waals surface area contributed by atoms with Crippen LogP contribution in [-0.2, 0) is 15.0 Å². The molecule has 0 aromatic heterocycles. The van der Waals surface area contributed by atoms with Crippen molar-refractivity contribution in [3.05, 3.63) is 35.4 Å². The molecule has 4 heteroatoms. The lowest BCUT2D eigenvalue weighted by Crippen LogP contribution is -2.21. The smallest absolute Gasteiger partial charge is 0.314 e. The molecule has 1 aliphatic carbocycles. The molecule has 1 aliphatic rings. The molecule has 4 nitrogen and oxygen atoms in total. The summed E-state index contributed by atoms with van der Waals surface area (Å²) in [5.74, 6) is 4.86. The summed E-state index contributed by atoms with van der Waals surface area (Å²) >= 11 is 0. The number of nitrogens with one attached hydrogen (secondary N) is 1. The molecule has 2 N–H and O–H groups in total. The monoisotopic (exact) mass is 257 g/mol. The second kappa shape index (κ2) is 5.15. The lowest BCUT2D eigenvalue weighted by atomic mass is 9.91. The average Bonchev–Trinajstić information content (AvgIpc) is 3.16. The Morgan fingerprint density at radius 3 is 2.63 bits per heavy atom. The van der Waals surface area contributed by atoms with Crippen LogP contribution >= 0.6 is 0 Å². The van der Waals surface area contributed by atoms with Crippen LogP contribution in [0.4, 0.5) is 0 Å². The van der Waals surface area contributed by atoms with Crippen molar-refractivity contribution in [1.82, 2.24) is 5.32 Å². The van der Waals surface area contributed by atoms with Gasteiger partial charge in [0.15, 0.2) is 0 Å². The van der Waals surface area contributed by atoms with Gasteiger partial charge in [-0.1, -0.05) is 30.0 Å². The number of carboxylic acids is 1. The highest BCUT2D eigenvalue weighted by Gasteiger charge is 2.52. The lowest BCUT2D eigenvalue weighted by Gasteiger charge is -2.12. The van der Waals surface area contributed by atoms with Crippen molar-refractivity contribution in [3.63, 3.8) is 0 Å². The van der Waals surface area contributed by atoms with E-state index < -0.39 is 11.4 Å². The molecule has 1 aromatic carbocycles. The van der Waals surface area contributed by atoms with E-state index in [0.717, 1.165) is 11.1 Å². The first-order chi connectivity index (χ1) is 9.06. The standard InChI is InChI=1S/C15H15NO3/c1-11(17)16-10-4-6-12-5-2-3-7-13(12)15(8-9-15)14(18)19/h2-3,5,7H,8-10H2,1H3,(H,16,17)(H,18,19). The Labute approximate surface area is 111 Å². The van der Waals surface area contributed by atoms with E-state index in [-0.39, 0.29) is 12.5 Å². The van der Waals surface area contributed by atoms with Crippen molar-refractivity contribution >= 4 is 11.9 Å². The predicted molar refractivity (Wildman–Crippen MR) is 70.6 cm³/mol. The number of aliphatic carboxylic acids is 1. The zero-order valence-corrected chi connectivity index (χ0v) is 10.7. The fourth-order valence-corrected chi connectivity index (χ4v) is 2.04. The molecule has 1 fully saturated rings. The Morgan fingerprint density at radius 1 is 1.37 bits per heavy atom. The van der Waals surface area contributed by atoms with Crippen LogP contribution in [0.5, 0.6) is 0 Å². The highest BCUT2D eigenvalue weighted by molar-refractivity contribution is 5.86. The minimum Gasteiger partial charge on any atom is -0.481 e. The van der Waals surface area contributed by atoms with Crippen LogP contribution < -0.4 is 5.32 Å². The fourth-order valence-electron chi connectivity index (χ4n) is 2.04. The van der Waals surface area contributed by atoms with E-state index in [0.29, 0.717) is 12.8 Å². The molecule has 0 radical (unpaired) electrons. The number of hydrogen-bond acceptors (Lipinski definition) is 2. The Bertz CT molecular complexity index is 577. The second-order valence-electron chi connectivity index (χ2n) is 4.64. The zero-order chi connectivity index (χ0) is 13.9. The van der Waals surface area contributed by atoms with Gasteiger partial charge in [-0.25, -0.2) is 0 Å². The normalized spacial score (nSPS) is 15.0. The summed E-state index contributed by atoms with van der Waals surface area (Å²) in [6, 6.07) is 7.31. The first-order valence-corrected chi connectivity index (χ1v) is 6.12. The molecule has 0 saturated heterocycles. The summed E-state index contributed by atoms with van der Waals surface area (Å²) in [7, 11) is 0.